The second-order valence-electron chi connectivity index (χ2n) is 9.64. The van der Waals surface area contributed by atoms with Crippen molar-refractivity contribution in [1.29, 1.82) is 0 Å². The number of carbonyl (C=O) groups excluding carboxylic acids is 2. The molecule has 0 fully saturated rings. The number of nitrogens with one attached hydrogen (secondary N) is 2. The average Bonchev–Trinajstić information content (AvgIpc) is 3.24. The van der Waals surface area contributed by atoms with Crippen LogP contribution in [0.5, 0.6) is 5.75 Å². The van der Waals surface area contributed by atoms with Crippen LogP contribution in [0, 0.1) is 0 Å². The second-order valence-corrected chi connectivity index (χ2v) is 9.64. The largest absolute Gasteiger partial charge is 0.493 e. The predicted octanol–water partition coefficient (Wildman–Crippen LogP) is 3.51. The summed E-state index contributed by atoms with van der Waals surface area (Å²) in [6, 6.07) is 21.6. The standard InChI is InChI=1S/C30H33N3O4.ClH/c1-2-37-28-16-24-23(19-33(30(24)36)13-12-20-8-4-3-5-9-20)14-25(28)29(35)32-18-27(34)26-15-21-10-6-7-11-22(21)17-31-26;/h3-11,14,16,26-27,31,34H,2,12-13,15,17-19H2,1H3,(H,32,35);1H/t26-,27+;/m0./s1. The van der Waals surface area contributed by atoms with Crippen molar-refractivity contribution in [2.75, 3.05) is 19.7 Å². The molecule has 2 amide bonds. The Morgan fingerprint density at radius 1 is 1.11 bits per heavy atom. The highest BCUT2D eigenvalue weighted by atomic mass is 35.5. The Kier molecular flexibility index (Phi) is 9.05. The molecule has 8 heteroatoms. The molecule has 2 atom stereocenters. The number of amides is 2. The molecule has 200 valence electrons. The highest BCUT2D eigenvalue weighted by Crippen LogP contribution is 2.31. The summed E-state index contributed by atoms with van der Waals surface area (Å²) in [5.74, 6) is 0.0193. The molecule has 0 saturated carbocycles. The summed E-state index contributed by atoms with van der Waals surface area (Å²) in [6.45, 7) is 4.09. The van der Waals surface area contributed by atoms with Crippen LogP contribution in [0.2, 0.25) is 0 Å². The average molecular weight is 536 g/mol. The summed E-state index contributed by atoms with van der Waals surface area (Å²) in [5.41, 5.74) is 5.41. The zero-order chi connectivity index (χ0) is 25.8. The van der Waals surface area contributed by atoms with Gasteiger partial charge in [-0.3, -0.25) is 9.59 Å². The van der Waals surface area contributed by atoms with E-state index >= 15 is 0 Å². The monoisotopic (exact) mass is 535 g/mol. The molecular weight excluding hydrogens is 502 g/mol. The Balaban J connectivity index is 0.00000336. The third kappa shape index (κ3) is 6.01. The second kappa shape index (κ2) is 12.4. The molecule has 0 aliphatic carbocycles. The number of hydrogen-bond donors (Lipinski definition) is 3. The van der Waals surface area contributed by atoms with Gasteiger partial charge in [-0.25, -0.2) is 0 Å². The first-order chi connectivity index (χ1) is 18.0. The minimum Gasteiger partial charge on any atom is -0.493 e. The van der Waals surface area contributed by atoms with Gasteiger partial charge < -0.3 is 25.4 Å². The predicted molar refractivity (Wildman–Crippen MR) is 149 cm³/mol. The number of hydrogen-bond acceptors (Lipinski definition) is 5. The number of rotatable bonds is 9. The van der Waals surface area contributed by atoms with Crippen LogP contribution < -0.4 is 15.4 Å². The first-order valence-electron chi connectivity index (χ1n) is 12.9. The van der Waals surface area contributed by atoms with E-state index in [1.165, 1.54) is 16.7 Å². The fourth-order valence-electron chi connectivity index (χ4n) is 5.13. The lowest BCUT2D eigenvalue weighted by atomic mass is 9.93. The Bertz CT molecular complexity index is 1280. The molecule has 3 aromatic carbocycles. The Hall–Kier alpha value is -3.39. The zero-order valence-corrected chi connectivity index (χ0v) is 22.3. The van der Waals surface area contributed by atoms with Crippen molar-refractivity contribution in [1.82, 2.24) is 15.5 Å². The highest BCUT2D eigenvalue weighted by Gasteiger charge is 2.31. The molecule has 7 nitrogen and oxygen atoms in total. The third-order valence-electron chi connectivity index (χ3n) is 7.19. The van der Waals surface area contributed by atoms with Crippen molar-refractivity contribution < 1.29 is 19.4 Å². The van der Waals surface area contributed by atoms with E-state index in [1.807, 2.05) is 42.2 Å². The number of halogens is 1. The van der Waals surface area contributed by atoms with Gasteiger partial charge in [-0.2, -0.15) is 0 Å². The summed E-state index contributed by atoms with van der Waals surface area (Å²) < 4.78 is 5.75. The summed E-state index contributed by atoms with van der Waals surface area (Å²) >= 11 is 0. The lowest BCUT2D eigenvalue weighted by Gasteiger charge is -2.30. The minimum absolute atomic E-state index is 0. The zero-order valence-electron chi connectivity index (χ0n) is 21.5. The topological polar surface area (TPSA) is 90.9 Å². The number of benzene rings is 3. The van der Waals surface area contributed by atoms with Gasteiger partial charge >= 0.3 is 0 Å². The van der Waals surface area contributed by atoms with Crippen LogP contribution in [0.25, 0.3) is 0 Å². The highest BCUT2D eigenvalue weighted by molar-refractivity contribution is 6.03. The molecular formula is C30H34ClN3O4. The maximum Gasteiger partial charge on any atom is 0.255 e. The number of nitrogens with zero attached hydrogens (tertiary/aromatic N) is 1. The van der Waals surface area contributed by atoms with Crippen LogP contribution in [0.15, 0.2) is 66.7 Å². The first kappa shape index (κ1) is 27.6. The van der Waals surface area contributed by atoms with Gasteiger partial charge in [-0.1, -0.05) is 54.6 Å². The van der Waals surface area contributed by atoms with E-state index in [9.17, 15) is 14.7 Å². The van der Waals surface area contributed by atoms with E-state index in [-0.39, 0.29) is 36.8 Å². The summed E-state index contributed by atoms with van der Waals surface area (Å²) in [5, 5.41) is 17.0. The molecule has 0 aromatic heterocycles. The van der Waals surface area contributed by atoms with E-state index in [1.54, 1.807) is 12.1 Å². The number of ether oxygens (including phenoxy) is 1. The SMILES string of the molecule is CCOc1cc2c(cc1C(=O)NC[C@@H](O)[C@@H]1Cc3ccccc3CN1)CN(CCc1ccccc1)C2=O.Cl. The van der Waals surface area contributed by atoms with Gasteiger partial charge in [0.2, 0.25) is 0 Å². The maximum atomic E-state index is 13.2. The molecule has 3 aromatic rings. The summed E-state index contributed by atoms with van der Waals surface area (Å²) in [6.07, 6.45) is 0.735. The van der Waals surface area contributed by atoms with Crippen molar-refractivity contribution in [2.45, 2.75) is 45.0 Å². The number of fused-ring (bicyclic) bond motifs is 2. The quantitative estimate of drug-likeness (QED) is 0.390. The number of aliphatic hydroxyl groups is 1. The van der Waals surface area contributed by atoms with Gasteiger partial charge in [-0.05, 0) is 54.2 Å². The molecule has 2 aliphatic heterocycles. The number of aliphatic hydroxyl groups excluding tert-OH is 1. The van der Waals surface area contributed by atoms with Crippen molar-refractivity contribution in [3.8, 4) is 5.75 Å². The van der Waals surface area contributed by atoms with Crippen molar-refractivity contribution >= 4 is 24.2 Å². The van der Waals surface area contributed by atoms with Crippen molar-refractivity contribution in [3.63, 3.8) is 0 Å². The van der Waals surface area contributed by atoms with Gasteiger partial charge in [0.05, 0.1) is 18.3 Å². The molecule has 2 aliphatic rings. The van der Waals surface area contributed by atoms with Crippen LogP contribution in [-0.4, -0.2) is 53.7 Å². The molecule has 3 N–H and O–H groups in total. The molecule has 5 rings (SSSR count). The van der Waals surface area contributed by atoms with Crippen LogP contribution in [-0.2, 0) is 25.9 Å². The van der Waals surface area contributed by atoms with E-state index in [0.29, 0.717) is 49.5 Å². The Morgan fingerprint density at radius 2 is 1.84 bits per heavy atom. The van der Waals surface area contributed by atoms with Gasteiger partial charge in [0.15, 0.2) is 0 Å². The molecule has 0 radical (unpaired) electrons. The molecule has 2 heterocycles. The fraction of sp³-hybridized carbons (Fsp3) is 0.333. The lowest BCUT2D eigenvalue weighted by Crippen LogP contribution is -2.49. The molecule has 0 spiro atoms. The maximum absolute atomic E-state index is 13.2. The summed E-state index contributed by atoms with van der Waals surface area (Å²) in [7, 11) is 0. The van der Waals surface area contributed by atoms with Crippen molar-refractivity contribution in [2.24, 2.45) is 0 Å². The Morgan fingerprint density at radius 3 is 2.61 bits per heavy atom. The summed E-state index contributed by atoms with van der Waals surface area (Å²) in [4.78, 5) is 28.1. The lowest BCUT2D eigenvalue weighted by molar-refractivity contribution is 0.0779. The molecule has 0 bridgehead atoms. The van der Waals surface area contributed by atoms with Crippen LogP contribution in [0.1, 0.15) is 49.9 Å². The molecule has 0 unspecified atom stereocenters. The van der Waals surface area contributed by atoms with Gasteiger partial charge in [0, 0.05) is 37.8 Å². The molecule has 0 saturated heterocycles. The normalized spacial score (nSPS) is 16.7. The van der Waals surface area contributed by atoms with Gasteiger partial charge in [0.25, 0.3) is 11.8 Å². The molecule has 38 heavy (non-hydrogen) atoms. The minimum atomic E-state index is -0.739. The number of carbonyl (C=O) groups is 2. The van der Waals surface area contributed by atoms with Crippen LogP contribution in [0.3, 0.4) is 0 Å². The third-order valence-corrected chi connectivity index (χ3v) is 7.19. The van der Waals surface area contributed by atoms with Crippen LogP contribution in [0.4, 0.5) is 0 Å². The van der Waals surface area contributed by atoms with E-state index in [0.717, 1.165) is 12.0 Å². The van der Waals surface area contributed by atoms with Gasteiger partial charge in [0.1, 0.15) is 5.75 Å². The van der Waals surface area contributed by atoms with E-state index in [4.69, 9.17) is 4.74 Å². The Labute approximate surface area is 229 Å². The fourth-order valence-corrected chi connectivity index (χ4v) is 5.13. The van der Waals surface area contributed by atoms with Gasteiger partial charge in [-0.15, -0.1) is 12.4 Å². The van der Waals surface area contributed by atoms with E-state index < -0.39 is 6.10 Å². The smallest absolute Gasteiger partial charge is 0.255 e. The van der Waals surface area contributed by atoms with Crippen molar-refractivity contribution in [3.05, 3.63) is 100 Å². The first-order valence-corrected chi connectivity index (χ1v) is 12.9. The van der Waals surface area contributed by atoms with E-state index in [2.05, 4.69) is 34.9 Å². The van der Waals surface area contributed by atoms with Crippen LogP contribution >= 0.6 is 12.4 Å².